The maximum Gasteiger partial charge on any atom is 0.317 e. The SMILES string of the molecule is CC(C)(C)CN(CCCO)C(=O)NC1CC1c1c(F)cccc1F. The molecule has 0 heterocycles. The predicted octanol–water partition coefficient (Wildman–Crippen LogP) is 3.26. The molecule has 24 heavy (non-hydrogen) atoms. The van der Waals surface area contributed by atoms with Crippen molar-refractivity contribution in [2.45, 2.75) is 45.6 Å². The van der Waals surface area contributed by atoms with Crippen LogP contribution in [-0.2, 0) is 0 Å². The molecule has 2 atom stereocenters. The topological polar surface area (TPSA) is 52.6 Å². The van der Waals surface area contributed by atoms with Gasteiger partial charge in [-0.25, -0.2) is 13.6 Å². The van der Waals surface area contributed by atoms with Gasteiger partial charge in [0.05, 0.1) is 0 Å². The summed E-state index contributed by atoms with van der Waals surface area (Å²) in [7, 11) is 0. The molecule has 0 aromatic heterocycles. The van der Waals surface area contributed by atoms with Gasteiger partial charge in [0, 0.05) is 37.2 Å². The van der Waals surface area contributed by atoms with Gasteiger partial charge in [0.2, 0.25) is 0 Å². The number of benzene rings is 1. The number of rotatable bonds is 6. The molecule has 1 aromatic rings. The summed E-state index contributed by atoms with van der Waals surface area (Å²) >= 11 is 0. The zero-order valence-corrected chi connectivity index (χ0v) is 14.5. The van der Waals surface area contributed by atoms with Crippen molar-refractivity contribution < 1.29 is 18.7 Å². The second-order valence-electron chi connectivity index (χ2n) is 7.59. The molecule has 1 aliphatic rings. The third kappa shape index (κ3) is 4.90. The van der Waals surface area contributed by atoms with Crippen LogP contribution in [0.1, 0.15) is 45.1 Å². The van der Waals surface area contributed by atoms with Gasteiger partial charge in [0.15, 0.2) is 0 Å². The Morgan fingerprint density at radius 1 is 1.33 bits per heavy atom. The van der Waals surface area contributed by atoms with Crippen LogP contribution in [0.15, 0.2) is 18.2 Å². The van der Waals surface area contributed by atoms with Gasteiger partial charge < -0.3 is 15.3 Å². The third-order valence-corrected chi connectivity index (χ3v) is 4.01. The first kappa shape index (κ1) is 18.6. The monoisotopic (exact) mass is 340 g/mol. The normalized spacial score (nSPS) is 19.9. The Morgan fingerprint density at radius 2 is 1.96 bits per heavy atom. The number of hydrogen-bond acceptors (Lipinski definition) is 2. The zero-order chi connectivity index (χ0) is 17.9. The van der Waals surface area contributed by atoms with Crippen molar-refractivity contribution in [2.24, 2.45) is 5.41 Å². The average molecular weight is 340 g/mol. The number of amides is 2. The molecule has 0 radical (unpaired) electrons. The standard InChI is InChI=1S/C18H26F2N2O2/c1-18(2,3)11-22(8-5-9-23)17(24)21-15-10-12(15)16-13(19)6-4-7-14(16)20/h4,6-7,12,15,23H,5,8-11H2,1-3H3,(H,21,24). The summed E-state index contributed by atoms with van der Waals surface area (Å²) in [5.41, 5.74) is -0.0200. The first-order valence-electron chi connectivity index (χ1n) is 8.33. The fraction of sp³-hybridized carbons (Fsp3) is 0.611. The number of carbonyl (C=O) groups is 1. The van der Waals surface area contributed by atoms with E-state index < -0.39 is 11.6 Å². The van der Waals surface area contributed by atoms with E-state index in [4.69, 9.17) is 5.11 Å². The maximum atomic E-state index is 13.8. The highest BCUT2D eigenvalue weighted by atomic mass is 19.1. The van der Waals surface area contributed by atoms with Crippen LogP contribution in [0.2, 0.25) is 0 Å². The number of carbonyl (C=O) groups excluding carboxylic acids is 1. The maximum absolute atomic E-state index is 13.8. The van der Waals surface area contributed by atoms with Crippen LogP contribution in [0.5, 0.6) is 0 Å². The highest BCUT2D eigenvalue weighted by Crippen LogP contribution is 2.43. The van der Waals surface area contributed by atoms with Gasteiger partial charge in [-0.2, -0.15) is 0 Å². The molecule has 1 aromatic carbocycles. The first-order chi connectivity index (χ1) is 11.2. The van der Waals surface area contributed by atoms with E-state index in [1.165, 1.54) is 18.2 Å². The number of aliphatic hydroxyl groups excluding tert-OH is 1. The molecule has 0 bridgehead atoms. The minimum Gasteiger partial charge on any atom is -0.396 e. The molecule has 2 N–H and O–H groups in total. The van der Waals surface area contributed by atoms with E-state index in [1.54, 1.807) is 4.90 Å². The molecule has 6 heteroatoms. The van der Waals surface area contributed by atoms with E-state index in [0.717, 1.165) is 0 Å². The highest BCUT2D eigenvalue weighted by Gasteiger charge is 2.43. The number of aliphatic hydroxyl groups is 1. The van der Waals surface area contributed by atoms with E-state index >= 15 is 0 Å². The van der Waals surface area contributed by atoms with Gasteiger partial charge in [-0.15, -0.1) is 0 Å². The minimum absolute atomic E-state index is 0.0143. The Morgan fingerprint density at radius 3 is 2.50 bits per heavy atom. The number of urea groups is 1. The molecule has 2 rings (SSSR count). The molecule has 0 saturated heterocycles. The summed E-state index contributed by atoms with van der Waals surface area (Å²) in [6, 6.07) is 3.32. The Labute approximate surface area is 141 Å². The number of hydrogen-bond donors (Lipinski definition) is 2. The molecule has 1 fully saturated rings. The molecule has 2 amide bonds. The van der Waals surface area contributed by atoms with Crippen molar-refractivity contribution in [3.8, 4) is 0 Å². The van der Waals surface area contributed by atoms with Gasteiger partial charge in [0.1, 0.15) is 11.6 Å². The average Bonchev–Trinajstić information content (AvgIpc) is 3.20. The van der Waals surface area contributed by atoms with Crippen LogP contribution in [-0.4, -0.2) is 41.8 Å². The van der Waals surface area contributed by atoms with Crippen molar-refractivity contribution in [1.29, 1.82) is 0 Å². The number of nitrogens with zero attached hydrogens (tertiary/aromatic N) is 1. The van der Waals surface area contributed by atoms with Gasteiger partial charge >= 0.3 is 6.03 Å². The second-order valence-corrected chi connectivity index (χ2v) is 7.59. The Balaban J connectivity index is 1.98. The number of halogens is 2. The summed E-state index contributed by atoms with van der Waals surface area (Å²) in [5.74, 6) is -1.45. The van der Waals surface area contributed by atoms with Crippen LogP contribution < -0.4 is 5.32 Å². The lowest BCUT2D eigenvalue weighted by molar-refractivity contribution is 0.164. The van der Waals surface area contributed by atoms with Crippen molar-refractivity contribution in [1.82, 2.24) is 10.2 Å². The van der Waals surface area contributed by atoms with Gasteiger partial charge in [0.25, 0.3) is 0 Å². The fourth-order valence-corrected chi connectivity index (χ4v) is 2.87. The largest absolute Gasteiger partial charge is 0.396 e. The summed E-state index contributed by atoms with van der Waals surface area (Å²) in [6.07, 6.45) is 1.03. The second kappa shape index (κ2) is 7.47. The first-order valence-corrected chi connectivity index (χ1v) is 8.33. The Bertz CT molecular complexity index is 567. The van der Waals surface area contributed by atoms with Gasteiger partial charge in [-0.1, -0.05) is 26.8 Å². The molecular formula is C18H26F2N2O2. The van der Waals surface area contributed by atoms with Crippen molar-refractivity contribution in [3.63, 3.8) is 0 Å². The van der Waals surface area contributed by atoms with Crippen LogP contribution in [0.4, 0.5) is 13.6 Å². The van der Waals surface area contributed by atoms with Gasteiger partial charge in [-0.05, 0) is 30.4 Å². The lowest BCUT2D eigenvalue weighted by Gasteiger charge is -2.30. The zero-order valence-electron chi connectivity index (χ0n) is 14.5. The van der Waals surface area contributed by atoms with Crippen molar-refractivity contribution in [2.75, 3.05) is 19.7 Å². The molecule has 0 spiro atoms. The Kier molecular flexibility index (Phi) is 5.80. The van der Waals surface area contributed by atoms with Crippen LogP contribution in [0.3, 0.4) is 0 Å². The van der Waals surface area contributed by atoms with Crippen LogP contribution in [0.25, 0.3) is 0 Å². The number of nitrogens with one attached hydrogen (secondary N) is 1. The van der Waals surface area contributed by atoms with Crippen LogP contribution >= 0.6 is 0 Å². The van der Waals surface area contributed by atoms with Crippen LogP contribution in [0, 0.1) is 17.0 Å². The Hall–Kier alpha value is -1.69. The van der Waals surface area contributed by atoms with Crippen molar-refractivity contribution >= 4 is 6.03 Å². The summed E-state index contributed by atoms with van der Waals surface area (Å²) in [5, 5.41) is 11.9. The molecule has 1 aliphatic carbocycles. The molecule has 134 valence electrons. The molecule has 4 nitrogen and oxygen atoms in total. The molecule has 0 aliphatic heterocycles. The summed E-state index contributed by atoms with van der Waals surface area (Å²) in [4.78, 5) is 14.1. The lowest BCUT2D eigenvalue weighted by Crippen LogP contribution is -2.45. The van der Waals surface area contributed by atoms with E-state index in [1.807, 2.05) is 20.8 Å². The van der Waals surface area contributed by atoms with E-state index in [9.17, 15) is 13.6 Å². The van der Waals surface area contributed by atoms with E-state index in [2.05, 4.69) is 5.32 Å². The summed E-state index contributed by atoms with van der Waals surface area (Å²) < 4.78 is 27.6. The molecule has 2 unspecified atom stereocenters. The summed E-state index contributed by atoms with van der Waals surface area (Å²) in [6.45, 7) is 7.10. The quantitative estimate of drug-likeness (QED) is 0.835. The molecule has 1 saturated carbocycles. The van der Waals surface area contributed by atoms with E-state index in [-0.39, 0.29) is 35.6 Å². The highest BCUT2D eigenvalue weighted by molar-refractivity contribution is 5.75. The third-order valence-electron chi connectivity index (χ3n) is 4.01. The lowest BCUT2D eigenvalue weighted by atomic mass is 9.96. The molecular weight excluding hydrogens is 314 g/mol. The predicted molar refractivity (Wildman–Crippen MR) is 88.8 cm³/mol. The van der Waals surface area contributed by atoms with Crippen molar-refractivity contribution in [3.05, 3.63) is 35.4 Å². The van der Waals surface area contributed by atoms with E-state index in [0.29, 0.717) is 25.9 Å². The van der Waals surface area contributed by atoms with Gasteiger partial charge in [-0.3, -0.25) is 0 Å². The minimum atomic E-state index is -0.566. The fourth-order valence-electron chi connectivity index (χ4n) is 2.87. The smallest absolute Gasteiger partial charge is 0.317 e.